The number of carbonyl (C=O) groups excluding carboxylic acids is 1. The number of allylic oxidation sites excluding steroid dienone is 1. The number of nitrogens with one attached hydrogen (secondary N) is 1. The van der Waals surface area contributed by atoms with Crippen molar-refractivity contribution in [3.05, 3.63) is 29.6 Å². The van der Waals surface area contributed by atoms with E-state index in [1.54, 1.807) is 0 Å². The number of nitrogens with zero attached hydrogens (tertiary/aromatic N) is 3. The third-order valence-electron chi connectivity index (χ3n) is 6.14. The number of likely N-dealkylation sites (tertiary alicyclic amines) is 1. The highest BCUT2D eigenvalue weighted by molar-refractivity contribution is 5.94. The van der Waals surface area contributed by atoms with Gasteiger partial charge in [0, 0.05) is 30.4 Å². The fraction of sp³-hybridized carbons (Fsp3) is 0.714. The molecule has 5 heteroatoms. The Kier molecular flexibility index (Phi) is 5.44. The van der Waals surface area contributed by atoms with Crippen LogP contribution in [0.2, 0.25) is 0 Å². The van der Waals surface area contributed by atoms with Crippen LogP contribution < -0.4 is 5.32 Å². The molecule has 0 spiro atoms. The molecule has 0 bridgehead atoms. The van der Waals surface area contributed by atoms with Crippen molar-refractivity contribution >= 4 is 5.91 Å². The molecule has 1 N–H and O–H groups in total. The first kappa shape index (κ1) is 17.8. The number of hydrogen-bond donors (Lipinski definition) is 1. The molecule has 2 heterocycles. The molecule has 1 atom stereocenters. The summed E-state index contributed by atoms with van der Waals surface area (Å²) in [5, 5.41) is 8.50. The summed E-state index contributed by atoms with van der Waals surface area (Å²) in [4.78, 5) is 15.3. The van der Waals surface area contributed by atoms with E-state index in [0.29, 0.717) is 18.3 Å². The van der Waals surface area contributed by atoms with Crippen LogP contribution in [0.4, 0.5) is 0 Å². The number of aromatic nitrogens is 2. The zero-order valence-corrected chi connectivity index (χ0v) is 15.9. The normalized spacial score (nSPS) is 23.4. The molecule has 4 rings (SSSR count). The molecule has 3 aliphatic rings. The second-order valence-corrected chi connectivity index (χ2v) is 8.24. The summed E-state index contributed by atoms with van der Waals surface area (Å²) in [7, 11) is 0. The van der Waals surface area contributed by atoms with Crippen molar-refractivity contribution in [2.45, 2.75) is 70.4 Å². The first-order chi connectivity index (χ1) is 12.8. The Morgan fingerprint density at radius 2 is 1.96 bits per heavy atom. The minimum absolute atomic E-state index is 0.147. The van der Waals surface area contributed by atoms with Gasteiger partial charge in [0.25, 0.3) is 5.91 Å². The van der Waals surface area contributed by atoms with Crippen molar-refractivity contribution in [3.63, 3.8) is 0 Å². The van der Waals surface area contributed by atoms with Crippen molar-refractivity contribution in [2.24, 2.45) is 5.92 Å². The maximum atomic E-state index is 13.2. The largest absolute Gasteiger partial charge is 0.337 e. The van der Waals surface area contributed by atoms with E-state index in [4.69, 9.17) is 5.10 Å². The van der Waals surface area contributed by atoms with E-state index < -0.39 is 0 Å². The summed E-state index contributed by atoms with van der Waals surface area (Å²) < 4.78 is 2.02. The van der Waals surface area contributed by atoms with Crippen molar-refractivity contribution in [1.29, 1.82) is 0 Å². The summed E-state index contributed by atoms with van der Waals surface area (Å²) in [5.74, 6) is 1.03. The number of rotatable bonds is 6. The lowest BCUT2D eigenvalue weighted by atomic mass is 9.91. The molecule has 1 amide bonds. The molecule has 1 saturated carbocycles. The number of hydrogen-bond acceptors (Lipinski definition) is 3. The van der Waals surface area contributed by atoms with Gasteiger partial charge >= 0.3 is 0 Å². The lowest BCUT2D eigenvalue weighted by Crippen LogP contribution is -2.37. The Morgan fingerprint density at radius 1 is 1.19 bits per heavy atom. The predicted octanol–water partition coefficient (Wildman–Crippen LogP) is 2.94. The van der Waals surface area contributed by atoms with Crippen LogP contribution in [0.15, 0.2) is 12.7 Å². The van der Waals surface area contributed by atoms with Crippen LogP contribution in [-0.4, -0.2) is 46.3 Å². The van der Waals surface area contributed by atoms with Gasteiger partial charge < -0.3 is 10.2 Å². The van der Waals surface area contributed by atoms with Gasteiger partial charge in [-0.05, 0) is 57.4 Å². The van der Waals surface area contributed by atoms with Crippen molar-refractivity contribution in [2.75, 3.05) is 19.6 Å². The smallest absolute Gasteiger partial charge is 0.274 e. The topological polar surface area (TPSA) is 50.2 Å². The van der Waals surface area contributed by atoms with Crippen LogP contribution in [0.1, 0.15) is 66.7 Å². The van der Waals surface area contributed by atoms with E-state index in [0.717, 1.165) is 57.7 Å². The molecular formula is C21H32N4O. The molecular weight excluding hydrogens is 324 g/mol. The molecule has 5 nitrogen and oxygen atoms in total. The maximum Gasteiger partial charge on any atom is 0.274 e. The molecule has 0 aromatic carbocycles. The summed E-state index contributed by atoms with van der Waals surface area (Å²) in [5.41, 5.74) is 3.16. The highest BCUT2D eigenvalue weighted by Gasteiger charge is 2.32. The summed E-state index contributed by atoms with van der Waals surface area (Å²) in [6, 6.07) is 0.486. The van der Waals surface area contributed by atoms with Crippen molar-refractivity contribution in [1.82, 2.24) is 20.0 Å². The molecule has 26 heavy (non-hydrogen) atoms. The van der Waals surface area contributed by atoms with Gasteiger partial charge in [0.15, 0.2) is 5.69 Å². The Hall–Kier alpha value is -1.62. The van der Waals surface area contributed by atoms with Gasteiger partial charge in [-0.3, -0.25) is 9.48 Å². The molecule has 1 aliphatic heterocycles. The second kappa shape index (κ2) is 7.95. The first-order valence-electron chi connectivity index (χ1n) is 10.5. The van der Waals surface area contributed by atoms with Crippen LogP contribution >= 0.6 is 0 Å². The first-order valence-corrected chi connectivity index (χ1v) is 10.5. The highest BCUT2D eigenvalue weighted by Crippen LogP contribution is 2.30. The minimum Gasteiger partial charge on any atom is -0.337 e. The standard InChI is InChI=1S/C21H32N4O/c1-2-11-25-19-10-9-17(22-15-16-7-8-16)14-18(19)20(23-25)21(26)24-12-5-3-4-6-13-24/h2,16-17,22H,1,3-15H2/t17-/m0/s1. The van der Waals surface area contributed by atoms with Gasteiger partial charge in [-0.25, -0.2) is 0 Å². The lowest BCUT2D eigenvalue weighted by Gasteiger charge is -2.25. The van der Waals surface area contributed by atoms with Gasteiger partial charge in [-0.1, -0.05) is 18.9 Å². The highest BCUT2D eigenvalue weighted by atomic mass is 16.2. The van der Waals surface area contributed by atoms with Gasteiger partial charge in [0.05, 0.1) is 6.54 Å². The fourth-order valence-electron chi connectivity index (χ4n) is 4.39. The van der Waals surface area contributed by atoms with E-state index in [-0.39, 0.29) is 5.91 Å². The summed E-state index contributed by atoms with van der Waals surface area (Å²) in [6.45, 7) is 7.45. The van der Waals surface area contributed by atoms with Gasteiger partial charge in [0.1, 0.15) is 0 Å². The third-order valence-corrected chi connectivity index (χ3v) is 6.14. The number of amides is 1. The van der Waals surface area contributed by atoms with Gasteiger partial charge in [-0.15, -0.1) is 6.58 Å². The zero-order chi connectivity index (χ0) is 17.9. The van der Waals surface area contributed by atoms with Crippen LogP contribution in [0.5, 0.6) is 0 Å². The monoisotopic (exact) mass is 356 g/mol. The quantitative estimate of drug-likeness (QED) is 0.797. The van der Waals surface area contributed by atoms with E-state index in [2.05, 4.69) is 11.9 Å². The second-order valence-electron chi connectivity index (χ2n) is 8.24. The van der Waals surface area contributed by atoms with Gasteiger partial charge in [-0.2, -0.15) is 5.10 Å². The van der Waals surface area contributed by atoms with Gasteiger partial charge in [0.2, 0.25) is 0 Å². The minimum atomic E-state index is 0.147. The Bertz CT molecular complexity index is 653. The number of carbonyl (C=O) groups is 1. The van der Waals surface area contributed by atoms with Crippen molar-refractivity contribution < 1.29 is 4.79 Å². The average molecular weight is 357 g/mol. The van der Waals surface area contributed by atoms with E-state index in [1.165, 1.54) is 36.9 Å². The molecule has 0 radical (unpaired) electrons. The van der Waals surface area contributed by atoms with Crippen LogP contribution in [0.3, 0.4) is 0 Å². The average Bonchev–Trinajstić information content (AvgIpc) is 3.46. The lowest BCUT2D eigenvalue weighted by molar-refractivity contribution is 0.0753. The Morgan fingerprint density at radius 3 is 2.65 bits per heavy atom. The molecule has 1 aromatic heterocycles. The third kappa shape index (κ3) is 3.88. The Balaban J connectivity index is 1.55. The SMILES string of the molecule is C=CCn1nc(C(=O)N2CCCCCC2)c2c1CC[C@H](NCC1CC1)C2. The number of fused-ring (bicyclic) bond motifs is 1. The molecule has 142 valence electrons. The molecule has 2 aliphatic carbocycles. The zero-order valence-electron chi connectivity index (χ0n) is 15.9. The van der Waals surface area contributed by atoms with Crippen LogP contribution in [0, 0.1) is 5.92 Å². The molecule has 2 fully saturated rings. The van der Waals surface area contributed by atoms with Crippen molar-refractivity contribution in [3.8, 4) is 0 Å². The summed E-state index contributed by atoms with van der Waals surface area (Å²) >= 11 is 0. The Labute approximate surface area is 156 Å². The van der Waals surface area contributed by atoms with Crippen LogP contribution in [-0.2, 0) is 19.4 Å². The maximum absolute atomic E-state index is 13.2. The molecule has 0 unspecified atom stereocenters. The molecule has 1 aromatic rings. The predicted molar refractivity (Wildman–Crippen MR) is 103 cm³/mol. The van der Waals surface area contributed by atoms with Crippen LogP contribution in [0.25, 0.3) is 0 Å². The fourth-order valence-corrected chi connectivity index (χ4v) is 4.39. The van der Waals surface area contributed by atoms with E-state index >= 15 is 0 Å². The van der Waals surface area contributed by atoms with E-state index in [1.807, 2.05) is 15.7 Å². The van der Waals surface area contributed by atoms with E-state index in [9.17, 15) is 4.79 Å². The molecule has 1 saturated heterocycles. The summed E-state index contributed by atoms with van der Waals surface area (Å²) in [6.07, 6.45) is 12.4.